The molecule has 0 bridgehead atoms. The number of benzene rings is 3. The Kier molecular flexibility index (Phi) is 5.74. The highest BCUT2D eigenvalue weighted by atomic mass is 32.2. The molecule has 6 nitrogen and oxygen atoms in total. The molecule has 4 rings (SSSR count). The minimum atomic E-state index is -3.69. The molecule has 7 heteroatoms. The second-order valence-corrected chi connectivity index (χ2v) is 9.09. The van der Waals surface area contributed by atoms with Gasteiger partial charge in [-0.1, -0.05) is 36.4 Å². The maximum atomic E-state index is 13.1. The minimum Gasteiger partial charge on any atom is -0.492 e. The molecule has 3 aromatic rings. The first-order valence-corrected chi connectivity index (χ1v) is 11.5. The fraction of sp³-hybridized carbons (Fsp3) is 0.261. The highest BCUT2D eigenvalue weighted by Gasteiger charge is 2.30. The highest BCUT2D eigenvalue weighted by molar-refractivity contribution is 7.89. The van der Waals surface area contributed by atoms with Crippen molar-refractivity contribution in [1.29, 1.82) is 0 Å². The number of carbonyl (C=O) groups excluding carboxylic acids is 1. The first kappa shape index (κ1) is 20.4. The van der Waals surface area contributed by atoms with Crippen LogP contribution in [0.25, 0.3) is 10.8 Å². The number of hydrogen-bond acceptors (Lipinski definition) is 4. The van der Waals surface area contributed by atoms with Gasteiger partial charge in [0.05, 0.1) is 6.61 Å². The lowest BCUT2D eigenvalue weighted by atomic mass is 10.0. The van der Waals surface area contributed by atoms with E-state index in [0.29, 0.717) is 36.7 Å². The van der Waals surface area contributed by atoms with Gasteiger partial charge in [0.15, 0.2) is 0 Å². The van der Waals surface area contributed by atoms with Gasteiger partial charge in [0.25, 0.3) is 5.91 Å². The topological polar surface area (TPSA) is 75.7 Å². The number of rotatable bonds is 6. The standard InChI is InChI=1S/C23H24N2O4S/c1-2-29-21-13-12-18(16-22(21)30(27,28)25-14-5-6-15-25)24-23(26)20-11-7-9-17-8-3-4-10-19(17)20/h3-4,7-13,16H,2,5-6,14-15H2,1H3,(H,24,26). The molecule has 0 aromatic heterocycles. The Morgan fingerprint density at radius 3 is 2.53 bits per heavy atom. The Morgan fingerprint density at radius 1 is 1.03 bits per heavy atom. The fourth-order valence-electron chi connectivity index (χ4n) is 3.75. The second kappa shape index (κ2) is 8.45. The zero-order valence-electron chi connectivity index (χ0n) is 16.8. The van der Waals surface area contributed by atoms with Gasteiger partial charge in [-0.25, -0.2) is 8.42 Å². The third-order valence-corrected chi connectivity index (χ3v) is 7.14. The molecular formula is C23H24N2O4S. The molecule has 0 saturated carbocycles. The summed E-state index contributed by atoms with van der Waals surface area (Å²) in [7, 11) is -3.69. The largest absolute Gasteiger partial charge is 0.492 e. The first-order chi connectivity index (χ1) is 14.5. The van der Waals surface area contributed by atoms with Crippen LogP contribution in [0.1, 0.15) is 30.1 Å². The van der Waals surface area contributed by atoms with Crippen molar-refractivity contribution in [2.75, 3.05) is 25.0 Å². The molecule has 1 fully saturated rings. The van der Waals surface area contributed by atoms with Gasteiger partial charge < -0.3 is 10.1 Å². The van der Waals surface area contributed by atoms with Crippen LogP contribution in [0.2, 0.25) is 0 Å². The molecule has 0 radical (unpaired) electrons. The number of ether oxygens (including phenoxy) is 1. The Morgan fingerprint density at radius 2 is 1.77 bits per heavy atom. The van der Waals surface area contributed by atoms with Crippen LogP contribution in [-0.4, -0.2) is 38.3 Å². The van der Waals surface area contributed by atoms with E-state index >= 15 is 0 Å². The maximum Gasteiger partial charge on any atom is 0.256 e. The molecule has 30 heavy (non-hydrogen) atoms. The van der Waals surface area contributed by atoms with Crippen molar-refractivity contribution in [2.24, 2.45) is 0 Å². The van der Waals surface area contributed by atoms with Gasteiger partial charge in [-0.2, -0.15) is 4.31 Å². The molecule has 0 aliphatic carbocycles. The average Bonchev–Trinajstić information content (AvgIpc) is 3.30. The third-order valence-electron chi connectivity index (χ3n) is 5.22. The highest BCUT2D eigenvalue weighted by Crippen LogP contribution is 2.32. The molecule has 156 valence electrons. The Labute approximate surface area is 176 Å². The summed E-state index contributed by atoms with van der Waals surface area (Å²) in [5, 5.41) is 4.65. The zero-order chi connectivity index (χ0) is 21.1. The van der Waals surface area contributed by atoms with E-state index in [9.17, 15) is 13.2 Å². The summed E-state index contributed by atoms with van der Waals surface area (Å²) in [6.45, 7) is 3.16. The Balaban J connectivity index is 1.68. The average molecular weight is 425 g/mol. The summed E-state index contributed by atoms with van der Waals surface area (Å²) in [6, 6.07) is 17.9. The molecule has 0 unspecified atom stereocenters. The molecule has 1 heterocycles. The van der Waals surface area contributed by atoms with Crippen molar-refractivity contribution in [3.05, 3.63) is 66.2 Å². The quantitative estimate of drug-likeness (QED) is 0.641. The van der Waals surface area contributed by atoms with E-state index in [0.717, 1.165) is 23.6 Å². The van der Waals surface area contributed by atoms with Crippen LogP contribution in [-0.2, 0) is 10.0 Å². The molecule has 3 aromatic carbocycles. The number of sulfonamides is 1. The van der Waals surface area contributed by atoms with E-state index in [2.05, 4.69) is 5.32 Å². The van der Waals surface area contributed by atoms with Gasteiger partial charge in [-0.3, -0.25) is 4.79 Å². The number of anilines is 1. The van der Waals surface area contributed by atoms with Crippen LogP contribution in [0.15, 0.2) is 65.6 Å². The number of amides is 1. The van der Waals surface area contributed by atoms with E-state index in [1.807, 2.05) is 43.3 Å². The molecule has 1 amide bonds. The molecule has 1 aliphatic rings. The van der Waals surface area contributed by atoms with E-state index in [1.54, 1.807) is 18.2 Å². The van der Waals surface area contributed by atoms with Crippen LogP contribution in [0, 0.1) is 0 Å². The number of fused-ring (bicyclic) bond motifs is 1. The summed E-state index contributed by atoms with van der Waals surface area (Å²) in [5.41, 5.74) is 0.945. The van der Waals surface area contributed by atoms with Crippen molar-refractivity contribution in [1.82, 2.24) is 4.31 Å². The van der Waals surface area contributed by atoms with Gasteiger partial charge in [0.1, 0.15) is 10.6 Å². The maximum absolute atomic E-state index is 13.1. The van der Waals surface area contributed by atoms with E-state index in [4.69, 9.17) is 4.74 Å². The minimum absolute atomic E-state index is 0.0852. The first-order valence-electron chi connectivity index (χ1n) is 10.1. The lowest BCUT2D eigenvalue weighted by molar-refractivity contribution is 0.102. The smallest absolute Gasteiger partial charge is 0.256 e. The molecule has 1 aliphatic heterocycles. The number of hydrogen-bond donors (Lipinski definition) is 1. The van der Waals surface area contributed by atoms with Crippen molar-refractivity contribution in [3.63, 3.8) is 0 Å². The van der Waals surface area contributed by atoms with Crippen molar-refractivity contribution >= 4 is 32.4 Å². The molecular weight excluding hydrogens is 400 g/mol. The fourth-order valence-corrected chi connectivity index (χ4v) is 5.43. The lowest BCUT2D eigenvalue weighted by Gasteiger charge is -2.19. The van der Waals surface area contributed by atoms with Crippen molar-refractivity contribution in [2.45, 2.75) is 24.7 Å². The number of nitrogens with one attached hydrogen (secondary N) is 1. The summed E-state index contributed by atoms with van der Waals surface area (Å²) in [4.78, 5) is 13.0. The SMILES string of the molecule is CCOc1ccc(NC(=O)c2cccc3ccccc23)cc1S(=O)(=O)N1CCCC1. The van der Waals surface area contributed by atoms with Gasteiger partial charge in [0.2, 0.25) is 10.0 Å². The van der Waals surface area contributed by atoms with Crippen LogP contribution in [0.5, 0.6) is 5.75 Å². The molecule has 1 saturated heterocycles. The second-order valence-electron chi connectivity index (χ2n) is 7.19. The Hall–Kier alpha value is -2.90. The summed E-state index contributed by atoms with van der Waals surface area (Å²) in [6.07, 6.45) is 1.70. The Bertz CT molecular complexity index is 1180. The zero-order valence-corrected chi connectivity index (χ0v) is 17.6. The van der Waals surface area contributed by atoms with E-state index in [1.165, 1.54) is 10.4 Å². The molecule has 1 N–H and O–H groups in total. The summed E-state index contributed by atoms with van der Waals surface area (Å²) >= 11 is 0. The predicted octanol–water partition coefficient (Wildman–Crippen LogP) is 4.28. The van der Waals surface area contributed by atoms with Crippen LogP contribution < -0.4 is 10.1 Å². The van der Waals surface area contributed by atoms with Crippen LogP contribution >= 0.6 is 0 Å². The predicted molar refractivity (Wildman–Crippen MR) is 118 cm³/mol. The monoisotopic (exact) mass is 424 g/mol. The number of nitrogens with zero attached hydrogens (tertiary/aromatic N) is 1. The van der Waals surface area contributed by atoms with Crippen LogP contribution in [0.3, 0.4) is 0 Å². The third kappa shape index (κ3) is 3.91. The van der Waals surface area contributed by atoms with Gasteiger partial charge >= 0.3 is 0 Å². The van der Waals surface area contributed by atoms with Crippen LogP contribution in [0.4, 0.5) is 5.69 Å². The van der Waals surface area contributed by atoms with Gasteiger partial charge in [0, 0.05) is 24.3 Å². The van der Waals surface area contributed by atoms with E-state index in [-0.39, 0.29) is 10.8 Å². The molecule has 0 spiro atoms. The number of carbonyl (C=O) groups is 1. The van der Waals surface area contributed by atoms with Crippen molar-refractivity contribution in [3.8, 4) is 5.75 Å². The van der Waals surface area contributed by atoms with Crippen molar-refractivity contribution < 1.29 is 17.9 Å². The van der Waals surface area contributed by atoms with E-state index < -0.39 is 10.0 Å². The lowest BCUT2D eigenvalue weighted by Crippen LogP contribution is -2.28. The summed E-state index contributed by atoms with van der Waals surface area (Å²) < 4.78 is 33.3. The normalized spacial score (nSPS) is 14.7. The summed E-state index contributed by atoms with van der Waals surface area (Å²) in [5.74, 6) is 0.00744. The van der Waals surface area contributed by atoms with Gasteiger partial charge in [-0.15, -0.1) is 0 Å². The van der Waals surface area contributed by atoms with Gasteiger partial charge in [-0.05, 0) is 54.8 Å². The molecule has 0 atom stereocenters.